The monoisotopic (exact) mass is 410 g/mol. The molecular formula is C14H17Cl4F3N2. The Morgan fingerprint density at radius 1 is 1.09 bits per heavy atom. The minimum atomic E-state index is -4.22. The van der Waals surface area contributed by atoms with Crippen LogP contribution in [-0.2, 0) is 0 Å². The van der Waals surface area contributed by atoms with Gasteiger partial charge in [-0.2, -0.15) is 13.2 Å². The van der Waals surface area contributed by atoms with E-state index in [9.17, 15) is 13.2 Å². The molecule has 23 heavy (non-hydrogen) atoms. The lowest BCUT2D eigenvalue weighted by Gasteiger charge is -2.36. The maximum Gasteiger partial charge on any atom is 0.389 e. The second kappa shape index (κ2) is 8.97. The summed E-state index contributed by atoms with van der Waals surface area (Å²) in [6.45, 7) is 2.72. The number of hydrogen-bond acceptors (Lipinski definition) is 2. The Morgan fingerprint density at radius 3 is 2.22 bits per heavy atom. The van der Waals surface area contributed by atoms with E-state index in [4.69, 9.17) is 34.8 Å². The summed E-state index contributed by atoms with van der Waals surface area (Å²) in [7, 11) is 0. The van der Waals surface area contributed by atoms with Gasteiger partial charge in [-0.15, -0.1) is 12.4 Å². The number of alkyl halides is 3. The Balaban J connectivity index is 0.00000264. The topological polar surface area (TPSA) is 15.3 Å². The highest BCUT2D eigenvalue weighted by Crippen LogP contribution is 2.41. The van der Waals surface area contributed by atoms with Crippen molar-refractivity contribution in [2.75, 3.05) is 26.2 Å². The van der Waals surface area contributed by atoms with Crippen LogP contribution < -0.4 is 5.32 Å². The van der Waals surface area contributed by atoms with Gasteiger partial charge in [0.1, 0.15) is 0 Å². The summed E-state index contributed by atoms with van der Waals surface area (Å²) < 4.78 is 38.0. The molecule has 0 unspecified atom stereocenters. The van der Waals surface area contributed by atoms with Gasteiger partial charge in [-0.25, -0.2) is 0 Å². The summed E-state index contributed by atoms with van der Waals surface area (Å²) in [4.78, 5) is 1.98. The van der Waals surface area contributed by atoms with Gasteiger partial charge in [0, 0.05) is 49.2 Å². The minimum absolute atomic E-state index is 0. The second-order valence-corrected chi connectivity index (χ2v) is 6.40. The van der Waals surface area contributed by atoms with Crippen LogP contribution in [0.3, 0.4) is 0 Å². The first kappa shape index (κ1) is 21.1. The molecule has 1 aliphatic heterocycles. The number of nitrogens with one attached hydrogen (secondary N) is 1. The van der Waals surface area contributed by atoms with Crippen LogP contribution in [0.5, 0.6) is 0 Å². The second-order valence-electron chi connectivity index (χ2n) is 5.21. The van der Waals surface area contributed by atoms with Crippen LogP contribution in [0.25, 0.3) is 0 Å². The molecule has 0 aromatic heterocycles. The molecule has 2 nitrogen and oxygen atoms in total. The molecule has 1 aromatic carbocycles. The lowest BCUT2D eigenvalue weighted by Crippen LogP contribution is -2.45. The maximum absolute atomic E-state index is 12.7. The van der Waals surface area contributed by atoms with Gasteiger partial charge in [-0.3, -0.25) is 4.90 Å². The first-order chi connectivity index (χ1) is 10.3. The molecule has 1 aromatic rings. The number of halogens is 7. The summed E-state index contributed by atoms with van der Waals surface area (Å²) >= 11 is 18.4. The largest absolute Gasteiger partial charge is 0.389 e. The maximum atomic E-state index is 12.7. The fourth-order valence-corrected chi connectivity index (χ4v) is 3.44. The lowest BCUT2D eigenvalue weighted by atomic mass is 9.99. The fourth-order valence-electron chi connectivity index (χ4n) is 2.65. The Labute approximate surface area is 154 Å². The number of piperazine rings is 1. The molecule has 0 bridgehead atoms. The molecule has 0 saturated carbocycles. The molecule has 0 spiro atoms. The molecule has 1 saturated heterocycles. The third kappa shape index (κ3) is 5.83. The average molecular weight is 412 g/mol. The van der Waals surface area contributed by atoms with Crippen molar-refractivity contribution in [3.8, 4) is 0 Å². The van der Waals surface area contributed by atoms with Crippen molar-refractivity contribution in [1.82, 2.24) is 10.2 Å². The first-order valence-corrected chi connectivity index (χ1v) is 8.08. The minimum Gasteiger partial charge on any atom is -0.314 e. The highest BCUT2D eigenvalue weighted by molar-refractivity contribution is 6.44. The van der Waals surface area contributed by atoms with Crippen LogP contribution in [0.4, 0.5) is 13.2 Å². The summed E-state index contributed by atoms with van der Waals surface area (Å²) in [5.41, 5.74) is 0.488. The number of rotatable bonds is 4. The van der Waals surface area contributed by atoms with Crippen LogP contribution in [0.15, 0.2) is 12.1 Å². The van der Waals surface area contributed by atoms with E-state index in [0.717, 1.165) is 13.1 Å². The van der Waals surface area contributed by atoms with Crippen molar-refractivity contribution >= 4 is 47.2 Å². The Bertz CT molecular complexity index is 519. The number of benzene rings is 1. The van der Waals surface area contributed by atoms with E-state index < -0.39 is 18.6 Å². The molecule has 0 radical (unpaired) electrons. The molecule has 1 atom stereocenters. The van der Waals surface area contributed by atoms with Gasteiger partial charge in [0.05, 0.1) is 10.0 Å². The van der Waals surface area contributed by atoms with E-state index in [1.165, 1.54) is 0 Å². The quantitative estimate of drug-likeness (QED) is 0.671. The van der Waals surface area contributed by atoms with E-state index in [1.807, 2.05) is 4.90 Å². The van der Waals surface area contributed by atoms with Crippen molar-refractivity contribution in [2.45, 2.75) is 25.1 Å². The standard InChI is InChI=1S/C14H16Cl3F3N2.ClH/c15-9-1-2-10(16)13(17)12(9)11(3-4-14(18,19)20)22-7-5-21-6-8-22;/h1-2,11,21H,3-8H2;1H/t11-;/m0./s1. The summed E-state index contributed by atoms with van der Waals surface area (Å²) in [5.74, 6) is 0. The molecule has 0 aliphatic carbocycles. The molecule has 132 valence electrons. The van der Waals surface area contributed by atoms with Crippen molar-refractivity contribution < 1.29 is 13.2 Å². The molecule has 2 rings (SSSR count). The fraction of sp³-hybridized carbons (Fsp3) is 0.571. The van der Waals surface area contributed by atoms with Gasteiger partial charge in [0.2, 0.25) is 0 Å². The Hall–Kier alpha value is 0.0900. The van der Waals surface area contributed by atoms with Crippen molar-refractivity contribution in [3.63, 3.8) is 0 Å². The highest BCUT2D eigenvalue weighted by atomic mass is 35.5. The molecule has 9 heteroatoms. The summed E-state index contributed by atoms with van der Waals surface area (Å²) in [6, 6.07) is 2.63. The van der Waals surface area contributed by atoms with E-state index in [1.54, 1.807) is 12.1 Å². The van der Waals surface area contributed by atoms with E-state index in [-0.39, 0.29) is 23.9 Å². The third-order valence-electron chi connectivity index (χ3n) is 3.71. The van der Waals surface area contributed by atoms with Crippen molar-refractivity contribution in [2.24, 2.45) is 0 Å². The van der Waals surface area contributed by atoms with Crippen LogP contribution in [0.2, 0.25) is 15.1 Å². The van der Waals surface area contributed by atoms with Gasteiger partial charge >= 0.3 is 6.18 Å². The molecule has 1 N–H and O–H groups in total. The van der Waals surface area contributed by atoms with Crippen LogP contribution in [0.1, 0.15) is 24.4 Å². The van der Waals surface area contributed by atoms with Crippen LogP contribution in [0, 0.1) is 0 Å². The first-order valence-electron chi connectivity index (χ1n) is 6.94. The van der Waals surface area contributed by atoms with E-state index in [2.05, 4.69) is 5.32 Å². The summed E-state index contributed by atoms with van der Waals surface area (Å²) in [6.07, 6.45) is -5.20. The molecule has 1 heterocycles. The van der Waals surface area contributed by atoms with E-state index >= 15 is 0 Å². The van der Waals surface area contributed by atoms with Gasteiger partial charge in [0.25, 0.3) is 0 Å². The Kier molecular flexibility index (Phi) is 8.25. The summed E-state index contributed by atoms with van der Waals surface area (Å²) in [5, 5.41) is 4.06. The predicted molar refractivity (Wildman–Crippen MR) is 91.2 cm³/mol. The normalized spacial score (nSPS) is 17.7. The van der Waals surface area contributed by atoms with E-state index in [0.29, 0.717) is 28.7 Å². The predicted octanol–water partition coefficient (Wildman–Crippen LogP) is 5.36. The molecule has 1 aliphatic rings. The number of hydrogen-bond donors (Lipinski definition) is 1. The molecular weight excluding hydrogens is 395 g/mol. The zero-order chi connectivity index (χ0) is 16.3. The lowest BCUT2D eigenvalue weighted by molar-refractivity contribution is -0.138. The number of nitrogens with zero attached hydrogens (tertiary/aromatic N) is 1. The molecule has 0 amide bonds. The average Bonchev–Trinajstić information content (AvgIpc) is 2.46. The van der Waals surface area contributed by atoms with Gasteiger partial charge < -0.3 is 5.32 Å². The zero-order valence-corrected chi connectivity index (χ0v) is 15.2. The SMILES string of the molecule is Cl.FC(F)(F)CC[C@@H](c1c(Cl)ccc(Cl)c1Cl)N1CCNCC1. The van der Waals surface area contributed by atoms with Crippen LogP contribution in [-0.4, -0.2) is 37.3 Å². The third-order valence-corrected chi connectivity index (χ3v) is 4.85. The smallest absolute Gasteiger partial charge is 0.314 e. The van der Waals surface area contributed by atoms with Gasteiger partial charge in [0.15, 0.2) is 0 Å². The highest BCUT2D eigenvalue weighted by Gasteiger charge is 2.33. The van der Waals surface area contributed by atoms with Crippen LogP contribution >= 0.6 is 47.2 Å². The molecule has 1 fully saturated rings. The van der Waals surface area contributed by atoms with Crippen molar-refractivity contribution in [3.05, 3.63) is 32.8 Å². The van der Waals surface area contributed by atoms with Gasteiger partial charge in [-0.05, 0) is 18.6 Å². The Morgan fingerprint density at radius 2 is 1.65 bits per heavy atom. The van der Waals surface area contributed by atoms with Gasteiger partial charge in [-0.1, -0.05) is 34.8 Å². The van der Waals surface area contributed by atoms with Crippen molar-refractivity contribution in [1.29, 1.82) is 0 Å². The zero-order valence-electron chi connectivity index (χ0n) is 12.1.